The summed E-state index contributed by atoms with van der Waals surface area (Å²) in [5.74, 6) is -0.778. The quantitative estimate of drug-likeness (QED) is 0.477. The van der Waals surface area contributed by atoms with Crippen molar-refractivity contribution in [3.8, 4) is 5.75 Å². The number of nitrogens with zero attached hydrogens (tertiary/aromatic N) is 1. The smallest absolute Gasteiger partial charge is 0.272 e. The monoisotopic (exact) mass is 439 g/mol. The van der Waals surface area contributed by atoms with Gasteiger partial charge in [0.2, 0.25) is 0 Å². The Morgan fingerprint density at radius 1 is 1.08 bits per heavy atom. The summed E-state index contributed by atoms with van der Waals surface area (Å²) in [5.41, 5.74) is 0.505. The fraction of sp³-hybridized carbons (Fsp3) is 0.316. The first-order valence-electron chi connectivity index (χ1n) is 8.48. The van der Waals surface area contributed by atoms with E-state index in [4.69, 9.17) is 0 Å². The van der Waals surface area contributed by atoms with Gasteiger partial charge in [0.15, 0.2) is 9.84 Å². The van der Waals surface area contributed by atoms with Crippen molar-refractivity contribution in [2.24, 2.45) is 0 Å². The summed E-state index contributed by atoms with van der Waals surface area (Å²) >= 11 is 3.18. The van der Waals surface area contributed by atoms with Gasteiger partial charge in [0, 0.05) is 0 Å². The highest BCUT2D eigenvalue weighted by molar-refractivity contribution is 9.10. The van der Waals surface area contributed by atoms with Crippen molar-refractivity contribution in [2.75, 3.05) is 9.68 Å². The molecule has 0 aliphatic rings. The predicted octanol–water partition coefficient (Wildman–Crippen LogP) is 4.70. The number of unbranched alkanes of at least 4 members (excludes halogenated alkanes) is 3. The average molecular weight is 440 g/mol. The Morgan fingerprint density at radius 2 is 1.77 bits per heavy atom. The third-order valence-corrected chi connectivity index (χ3v) is 6.52. The molecule has 0 aliphatic heterocycles. The van der Waals surface area contributed by atoms with Crippen molar-refractivity contribution in [3.63, 3.8) is 0 Å². The van der Waals surface area contributed by atoms with Gasteiger partial charge in [0.05, 0.1) is 38.0 Å². The Balaban J connectivity index is 2.25. The van der Waals surface area contributed by atoms with Gasteiger partial charge in [-0.1, -0.05) is 44.4 Å². The van der Waals surface area contributed by atoms with Crippen molar-refractivity contribution in [1.29, 1.82) is 0 Å². The first-order valence-corrected chi connectivity index (χ1v) is 10.8. The van der Waals surface area contributed by atoms with E-state index in [1.54, 1.807) is 24.3 Å². The van der Waals surface area contributed by atoms with Crippen LogP contribution in [0.2, 0.25) is 0 Å². The van der Waals surface area contributed by atoms with Crippen LogP contribution in [0.4, 0.5) is 5.69 Å². The van der Waals surface area contributed by atoms with Gasteiger partial charge in [-0.15, -0.1) is 0 Å². The second-order valence-electron chi connectivity index (χ2n) is 5.98. The zero-order valence-corrected chi connectivity index (χ0v) is 17.0. The van der Waals surface area contributed by atoms with Crippen LogP contribution in [0.3, 0.4) is 0 Å². The van der Waals surface area contributed by atoms with Crippen LogP contribution in [0.15, 0.2) is 53.4 Å². The van der Waals surface area contributed by atoms with Crippen LogP contribution < -0.4 is 3.93 Å². The van der Waals surface area contributed by atoms with Gasteiger partial charge in [-0.2, -0.15) is 0 Å². The summed E-state index contributed by atoms with van der Waals surface area (Å²) in [6.07, 6.45) is 3.45. The lowest BCUT2D eigenvalue weighted by molar-refractivity contribution is 0.101. The largest absolute Gasteiger partial charge is 0.507 e. The fourth-order valence-corrected chi connectivity index (χ4v) is 4.32. The Morgan fingerprint density at radius 3 is 2.42 bits per heavy atom. The highest BCUT2D eigenvalue weighted by atomic mass is 79.9. The molecule has 0 radical (unpaired) electrons. The van der Waals surface area contributed by atoms with Crippen LogP contribution in [-0.2, 0) is 9.84 Å². The normalized spacial score (nSPS) is 11.3. The molecule has 0 spiro atoms. The maximum absolute atomic E-state index is 12.7. The molecule has 1 amide bonds. The van der Waals surface area contributed by atoms with E-state index in [9.17, 15) is 18.3 Å². The highest BCUT2D eigenvalue weighted by Gasteiger charge is 2.22. The van der Waals surface area contributed by atoms with Crippen LogP contribution >= 0.6 is 16.1 Å². The van der Waals surface area contributed by atoms with Gasteiger partial charge in [-0.3, -0.25) is 4.79 Å². The molecule has 0 saturated carbocycles. The average Bonchev–Trinajstić information content (AvgIpc) is 2.65. The number of carbonyl (C=O) groups excluding carboxylic acids is 1. The molecule has 26 heavy (non-hydrogen) atoms. The van der Waals surface area contributed by atoms with Crippen LogP contribution in [-0.4, -0.2) is 25.2 Å². The molecule has 0 heterocycles. The summed E-state index contributed by atoms with van der Waals surface area (Å²) in [6, 6.07) is 12.6. The highest BCUT2D eigenvalue weighted by Crippen LogP contribution is 2.27. The van der Waals surface area contributed by atoms with E-state index in [1.165, 1.54) is 22.1 Å². The Bertz CT molecular complexity index is 853. The molecule has 0 atom stereocenters. The summed E-state index contributed by atoms with van der Waals surface area (Å²) in [6.45, 7) is 2.06. The number of benzene rings is 2. The Labute approximate surface area is 162 Å². The molecule has 0 unspecified atom stereocenters. The van der Waals surface area contributed by atoms with Crippen LogP contribution in [0.25, 0.3) is 0 Å². The summed E-state index contributed by atoms with van der Waals surface area (Å²) in [7, 11) is -3.50. The minimum Gasteiger partial charge on any atom is -0.507 e. The number of rotatable bonds is 8. The molecule has 1 N–H and O–H groups in total. The molecule has 0 aromatic heterocycles. The number of halogens is 1. The van der Waals surface area contributed by atoms with Gasteiger partial charge in [-0.25, -0.2) is 12.3 Å². The molecule has 7 heteroatoms. The third kappa shape index (κ3) is 5.08. The van der Waals surface area contributed by atoms with Crippen molar-refractivity contribution in [1.82, 2.24) is 0 Å². The van der Waals surface area contributed by atoms with Crippen molar-refractivity contribution < 1.29 is 18.3 Å². The standard InChI is InChI=1S/C19H22BrNO4S/c1-2-3-4-8-13-26(24,25)16-11-12-18(22)17(14-16)19(23)21(20)15-9-6-5-7-10-15/h5-7,9-12,14,22H,2-4,8,13H2,1H3. The fourth-order valence-electron chi connectivity index (χ4n) is 2.50. The molecule has 140 valence electrons. The van der Waals surface area contributed by atoms with E-state index in [1.807, 2.05) is 6.07 Å². The van der Waals surface area contributed by atoms with E-state index < -0.39 is 15.7 Å². The van der Waals surface area contributed by atoms with Crippen LogP contribution in [0, 0.1) is 0 Å². The molecular formula is C19H22BrNO4S. The molecule has 2 rings (SSSR count). The van der Waals surface area contributed by atoms with E-state index in [0.29, 0.717) is 12.1 Å². The van der Waals surface area contributed by atoms with Crippen molar-refractivity contribution >= 4 is 37.6 Å². The number of anilines is 1. The van der Waals surface area contributed by atoms with E-state index in [0.717, 1.165) is 19.3 Å². The van der Waals surface area contributed by atoms with E-state index in [-0.39, 0.29) is 22.0 Å². The van der Waals surface area contributed by atoms with Gasteiger partial charge < -0.3 is 5.11 Å². The van der Waals surface area contributed by atoms with E-state index >= 15 is 0 Å². The molecule has 0 saturated heterocycles. The Kier molecular flexibility index (Phi) is 7.23. The third-order valence-electron chi connectivity index (χ3n) is 3.99. The zero-order valence-electron chi connectivity index (χ0n) is 14.6. The minimum absolute atomic E-state index is 0.0299. The van der Waals surface area contributed by atoms with Gasteiger partial charge in [0.1, 0.15) is 5.75 Å². The molecule has 5 nitrogen and oxygen atoms in total. The molecular weight excluding hydrogens is 418 g/mol. The number of sulfone groups is 1. The van der Waals surface area contributed by atoms with Crippen LogP contribution in [0.1, 0.15) is 43.0 Å². The number of phenols is 1. The number of para-hydroxylation sites is 1. The van der Waals surface area contributed by atoms with Crippen molar-refractivity contribution in [2.45, 2.75) is 37.5 Å². The maximum Gasteiger partial charge on any atom is 0.272 e. The second kappa shape index (κ2) is 9.19. The number of hydrogen-bond donors (Lipinski definition) is 1. The lowest BCUT2D eigenvalue weighted by Gasteiger charge is -2.16. The topological polar surface area (TPSA) is 74.7 Å². The number of hydrogen-bond acceptors (Lipinski definition) is 4. The van der Waals surface area contributed by atoms with Gasteiger partial charge in [-0.05, 0) is 36.8 Å². The number of carbonyl (C=O) groups is 1. The minimum atomic E-state index is -3.50. The molecule has 2 aromatic rings. The first kappa shape index (κ1) is 20.5. The number of phenolic OH excluding ortho intramolecular Hbond substituents is 1. The van der Waals surface area contributed by atoms with Crippen molar-refractivity contribution in [3.05, 3.63) is 54.1 Å². The van der Waals surface area contributed by atoms with Gasteiger partial charge >= 0.3 is 0 Å². The SMILES string of the molecule is CCCCCCS(=O)(=O)c1ccc(O)c(C(=O)N(Br)c2ccccc2)c1. The molecule has 0 aliphatic carbocycles. The second-order valence-corrected chi connectivity index (χ2v) is 8.80. The number of amides is 1. The van der Waals surface area contributed by atoms with Crippen LogP contribution in [0.5, 0.6) is 5.75 Å². The predicted molar refractivity (Wildman–Crippen MR) is 106 cm³/mol. The van der Waals surface area contributed by atoms with E-state index in [2.05, 4.69) is 23.1 Å². The zero-order chi connectivity index (χ0) is 19.2. The maximum atomic E-state index is 12.7. The molecule has 0 bridgehead atoms. The Hall–Kier alpha value is -1.86. The molecule has 0 fully saturated rings. The lowest BCUT2D eigenvalue weighted by atomic mass is 10.2. The summed E-state index contributed by atoms with van der Waals surface area (Å²) < 4.78 is 26.2. The summed E-state index contributed by atoms with van der Waals surface area (Å²) in [5, 5.41) is 10.0. The summed E-state index contributed by atoms with van der Waals surface area (Å²) in [4.78, 5) is 12.7. The lowest BCUT2D eigenvalue weighted by Crippen LogP contribution is -2.20. The molecule has 2 aromatic carbocycles. The van der Waals surface area contributed by atoms with Gasteiger partial charge in [0.25, 0.3) is 5.91 Å². The first-order chi connectivity index (χ1) is 12.4. The number of aromatic hydroxyl groups is 1.